The van der Waals surface area contributed by atoms with Crippen molar-refractivity contribution in [2.24, 2.45) is 0 Å². The number of hydrogen-bond acceptors (Lipinski definition) is 4. The number of nitrogens with one attached hydrogen (secondary N) is 3. The number of hydrogen-bond donors (Lipinski definition) is 4. The summed E-state index contributed by atoms with van der Waals surface area (Å²) < 4.78 is 33.5. The van der Waals surface area contributed by atoms with Crippen molar-refractivity contribution < 1.29 is 35.7 Å². The molecule has 0 bridgehead atoms. The lowest BCUT2D eigenvalue weighted by Gasteiger charge is -2.18. The number of anilines is 2. The van der Waals surface area contributed by atoms with Crippen molar-refractivity contribution in [2.75, 3.05) is 23.7 Å². The highest BCUT2D eigenvalue weighted by atomic mass is 35.5. The number of amides is 2. The van der Waals surface area contributed by atoms with Gasteiger partial charge in [-0.25, -0.2) is 13.2 Å². The van der Waals surface area contributed by atoms with Gasteiger partial charge in [0.1, 0.15) is 17.3 Å². The minimum Gasteiger partial charge on any atom is -1.00 e. The van der Waals surface area contributed by atoms with Gasteiger partial charge >= 0.3 is 6.03 Å². The van der Waals surface area contributed by atoms with E-state index in [2.05, 4.69) is 20.7 Å². The third-order valence-corrected chi connectivity index (χ3v) is 8.25. The lowest BCUT2D eigenvalue weighted by molar-refractivity contribution is -0.673. The fourth-order valence-corrected chi connectivity index (χ4v) is 5.67. The van der Waals surface area contributed by atoms with Crippen LogP contribution in [0.2, 0.25) is 10.0 Å². The molecular formula is C25H27Cl3N4O4S. The van der Waals surface area contributed by atoms with E-state index in [0.717, 1.165) is 25.1 Å². The smallest absolute Gasteiger partial charge is 0.319 e. The number of nitrogens with two attached hydrogens (primary N) is 1. The Morgan fingerprint density at radius 1 is 1.00 bits per heavy atom. The molecule has 1 aliphatic heterocycles. The van der Waals surface area contributed by atoms with E-state index in [0.29, 0.717) is 27.7 Å². The second-order valence-corrected chi connectivity index (χ2v) is 10.9. The number of halogens is 3. The Hall–Kier alpha value is -2.69. The fraction of sp³-hybridized carbons (Fsp3) is 0.240. The normalized spacial score (nSPS) is 13.5. The van der Waals surface area contributed by atoms with Gasteiger partial charge in [-0.2, -0.15) is 0 Å². The van der Waals surface area contributed by atoms with Crippen LogP contribution >= 0.6 is 23.2 Å². The average Bonchev–Trinajstić information content (AvgIpc) is 2.85. The number of rotatable bonds is 7. The number of carbonyl (C=O) groups is 1. The van der Waals surface area contributed by atoms with E-state index in [-0.39, 0.29) is 22.3 Å². The molecule has 198 valence electrons. The number of fused-ring (bicyclic) bond motifs is 1. The minimum absolute atomic E-state index is 0. The van der Waals surface area contributed by atoms with Crippen LogP contribution in [-0.4, -0.2) is 28.1 Å². The average molecular weight is 586 g/mol. The van der Waals surface area contributed by atoms with Crippen LogP contribution in [0.15, 0.2) is 59.5 Å². The highest BCUT2D eigenvalue weighted by molar-refractivity contribution is 7.92. The Morgan fingerprint density at radius 2 is 1.70 bits per heavy atom. The molecule has 0 radical (unpaired) electrons. The van der Waals surface area contributed by atoms with Gasteiger partial charge in [-0.15, -0.1) is 0 Å². The molecule has 1 heterocycles. The zero-order valence-electron chi connectivity index (χ0n) is 20.1. The fourth-order valence-electron chi connectivity index (χ4n) is 4.05. The number of ether oxygens (including phenoxy) is 1. The molecule has 3 aromatic carbocycles. The van der Waals surface area contributed by atoms with E-state index in [1.54, 1.807) is 25.1 Å². The number of benzene rings is 3. The van der Waals surface area contributed by atoms with E-state index < -0.39 is 22.1 Å². The van der Waals surface area contributed by atoms with E-state index in [4.69, 9.17) is 27.9 Å². The molecule has 0 aliphatic carbocycles. The summed E-state index contributed by atoms with van der Waals surface area (Å²) in [5.41, 5.74) is 3.98. The second kappa shape index (κ2) is 12.2. The number of sulfonamides is 1. The van der Waals surface area contributed by atoms with Crippen molar-refractivity contribution in [3.63, 3.8) is 0 Å². The van der Waals surface area contributed by atoms with E-state index in [1.165, 1.54) is 36.9 Å². The Bertz CT molecular complexity index is 1390. The maximum atomic E-state index is 12.9. The van der Waals surface area contributed by atoms with Crippen LogP contribution in [0.4, 0.5) is 16.2 Å². The molecule has 2 amide bonds. The molecule has 0 unspecified atom stereocenters. The minimum atomic E-state index is -3.78. The van der Waals surface area contributed by atoms with Crippen LogP contribution in [0.1, 0.15) is 29.7 Å². The van der Waals surface area contributed by atoms with Crippen LogP contribution in [-0.2, 0) is 23.0 Å². The first-order valence-corrected chi connectivity index (χ1v) is 13.6. The molecule has 0 saturated heterocycles. The number of quaternary nitrogens is 1. The van der Waals surface area contributed by atoms with Crippen molar-refractivity contribution >= 4 is 50.6 Å². The monoisotopic (exact) mass is 584 g/mol. The Kier molecular flexibility index (Phi) is 9.55. The maximum Gasteiger partial charge on any atom is 0.319 e. The van der Waals surface area contributed by atoms with Crippen LogP contribution in [0.5, 0.6) is 5.75 Å². The van der Waals surface area contributed by atoms with Crippen LogP contribution < -0.4 is 37.8 Å². The zero-order chi connectivity index (χ0) is 25.9. The molecule has 4 rings (SSSR count). The van der Waals surface area contributed by atoms with E-state index in [1.807, 2.05) is 12.1 Å². The number of methoxy groups -OCH3 is 1. The second-order valence-electron chi connectivity index (χ2n) is 8.45. The Labute approximate surface area is 232 Å². The standard InChI is InChI=1S/C25H26Cl2N4O4S.ClH/c1-15(21-9-10-22(35-2)24(27)23(21)26)29-25(32)30-18-5-7-20(8-6-18)36(33,34)31-19-4-3-17-14-28-12-11-16(17)13-19;/h3-10,13,15,28,31H,11-12,14H2,1-2H3,(H2,29,30,32);1H/t15-;/m0./s1. The molecule has 1 aliphatic rings. The first-order valence-electron chi connectivity index (χ1n) is 11.3. The van der Waals surface area contributed by atoms with Gasteiger partial charge in [-0.1, -0.05) is 35.3 Å². The molecular weight excluding hydrogens is 559 g/mol. The van der Waals surface area contributed by atoms with Gasteiger partial charge in [0.25, 0.3) is 10.0 Å². The quantitative estimate of drug-likeness (QED) is 0.335. The predicted octanol–water partition coefficient (Wildman–Crippen LogP) is 1.31. The molecule has 0 aromatic heterocycles. The first kappa shape index (κ1) is 28.9. The van der Waals surface area contributed by atoms with Crippen molar-refractivity contribution in [3.05, 3.63) is 81.3 Å². The first-order chi connectivity index (χ1) is 17.2. The molecule has 37 heavy (non-hydrogen) atoms. The molecule has 8 nitrogen and oxygen atoms in total. The van der Waals surface area contributed by atoms with Crippen molar-refractivity contribution in [3.8, 4) is 5.75 Å². The third-order valence-electron chi connectivity index (χ3n) is 5.97. The van der Waals surface area contributed by atoms with Crippen LogP contribution in [0, 0.1) is 0 Å². The molecule has 12 heteroatoms. The largest absolute Gasteiger partial charge is 1.00 e. The highest BCUT2D eigenvalue weighted by Crippen LogP contribution is 2.37. The van der Waals surface area contributed by atoms with Gasteiger partial charge in [-0.05, 0) is 60.5 Å². The highest BCUT2D eigenvalue weighted by Gasteiger charge is 2.19. The number of carbonyl (C=O) groups excluding carboxylic acids is 1. The molecule has 0 saturated carbocycles. The summed E-state index contributed by atoms with van der Waals surface area (Å²) in [6, 6.07) is 14.0. The van der Waals surface area contributed by atoms with Crippen molar-refractivity contribution in [1.29, 1.82) is 0 Å². The van der Waals surface area contributed by atoms with E-state index in [9.17, 15) is 13.2 Å². The van der Waals surface area contributed by atoms with Gasteiger partial charge in [0.2, 0.25) is 0 Å². The summed E-state index contributed by atoms with van der Waals surface area (Å²) in [6.45, 7) is 3.67. The van der Waals surface area contributed by atoms with E-state index >= 15 is 0 Å². The molecule has 3 aromatic rings. The van der Waals surface area contributed by atoms with Crippen molar-refractivity contribution in [1.82, 2.24) is 5.32 Å². The summed E-state index contributed by atoms with van der Waals surface area (Å²) in [5.74, 6) is 0.442. The molecule has 5 N–H and O–H groups in total. The molecule has 0 spiro atoms. The summed E-state index contributed by atoms with van der Waals surface area (Å²) in [7, 11) is -2.29. The topological polar surface area (TPSA) is 113 Å². The maximum absolute atomic E-state index is 12.9. The molecule has 0 fully saturated rings. The summed E-state index contributed by atoms with van der Waals surface area (Å²) in [5, 5.41) is 8.27. The Balaban J connectivity index is 0.00000380. The van der Waals surface area contributed by atoms with Crippen molar-refractivity contribution in [2.45, 2.75) is 30.8 Å². The summed E-state index contributed by atoms with van der Waals surface area (Å²) in [6.07, 6.45) is 0.906. The molecule has 1 atom stereocenters. The van der Waals surface area contributed by atoms with Crippen LogP contribution in [0.25, 0.3) is 0 Å². The third kappa shape index (κ3) is 6.80. The van der Waals surface area contributed by atoms with Gasteiger partial charge in [0, 0.05) is 23.4 Å². The summed E-state index contributed by atoms with van der Waals surface area (Å²) >= 11 is 12.5. The number of urea groups is 1. The van der Waals surface area contributed by atoms with Gasteiger partial charge in [0.15, 0.2) is 0 Å². The lowest BCUT2D eigenvalue weighted by Crippen LogP contribution is -3.00. The lowest BCUT2D eigenvalue weighted by atomic mass is 10.0. The SMILES string of the molecule is COc1ccc([C@H](C)NC(=O)Nc2ccc(S(=O)(=O)Nc3ccc4c(c3)CC[NH2+]C4)cc2)c(Cl)c1Cl.[Cl-]. The van der Waals surface area contributed by atoms with Gasteiger partial charge in [0.05, 0.1) is 29.6 Å². The van der Waals surface area contributed by atoms with Gasteiger partial charge < -0.3 is 33.1 Å². The Morgan fingerprint density at radius 3 is 2.41 bits per heavy atom. The van der Waals surface area contributed by atoms with Gasteiger partial charge in [-0.3, -0.25) is 4.72 Å². The summed E-state index contributed by atoms with van der Waals surface area (Å²) in [4.78, 5) is 12.6. The predicted molar refractivity (Wildman–Crippen MR) is 141 cm³/mol. The zero-order valence-corrected chi connectivity index (χ0v) is 23.2. The van der Waals surface area contributed by atoms with Crippen LogP contribution in [0.3, 0.4) is 0 Å².